The molecule has 0 aromatic carbocycles. The van der Waals surface area contributed by atoms with Gasteiger partial charge in [-0.3, -0.25) is 14.2 Å². The van der Waals surface area contributed by atoms with Gasteiger partial charge in [-0.15, -0.1) is 11.3 Å². The molecule has 3 heterocycles. The summed E-state index contributed by atoms with van der Waals surface area (Å²) in [6.07, 6.45) is 3.22. The van der Waals surface area contributed by atoms with Crippen molar-refractivity contribution in [2.75, 3.05) is 19.6 Å². The highest BCUT2D eigenvalue weighted by atomic mass is 32.1. The predicted molar refractivity (Wildman–Crippen MR) is 98.2 cm³/mol. The Morgan fingerprint density at radius 3 is 2.64 bits per heavy atom. The summed E-state index contributed by atoms with van der Waals surface area (Å²) in [5, 5.41) is 5.69. The zero-order chi connectivity index (χ0) is 18.0. The van der Waals surface area contributed by atoms with E-state index in [1.165, 1.54) is 0 Å². The van der Waals surface area contributed by atoms with E-state index >= 15 is 0 Å². The first-order chi connectivity index (χ1) is 12.0. The van der Waals surface area contributed by atoms with Gasteiger partial charge in [0.15, 0.2) is 5.13 Å². The Labute approximate surface area is 151 Å². The zero-order valence-electron chi connectivity index (χ0n) is 14.9. The molecule has 0 aliphatic carbocycles. The van der Waals surface area contributed by atoms with Crippen LogP contribution in [0.15, 0.2) is 17.6 Å². The molecule has 134 valence electrons. The van der Waals surface area contributed by atoms with Crippen molar-refractivity contribution in [1.82, 2.24) is 19.8 Å². The molecular formula is C18H24N4O2S. The third-order valence-corrected chi connectivity index (χ3v) is 5.53. The molecule has 1 aliphatic heterocycles. The standard InChI is InChI=1S/C18H24N4O2S/c1-4-19-16(23)14-5-8-21(9-6-14)17(24)15-11-12(2)22(13(15)3)18-20-7-10-25-18/h7,10-11,14H,4-6,8-9H2,1-3H3,(H,19,23). The molecule has 3 rings (SSSR count). The third-order valence-electron chi connectivity index (χ3n) is 4.78. The number of hydrogen-bond donors (Lipinski definition) is 1. The predicted octanol–water partition coefficient (Wildman–Crippen LogP) is 2.54. The molecule has 0 bridgehead atoms. The molecule has 0 unspecified atom stereocenters. The van der Waals surface area contributed by atoms with E-state index in [4.69, 9.17) is 0 Å². The maximum absolute atomic E-state index is 13.0. The van der Waals surface area contributed by atoms with E-state index < -0.39 is 0 Å². The van der Waals surface area contributed by atoms with Crippen LogP contribution in [-0.2, 0) is 4.79 Å². The van der Waals surface area contributed by atoms with Crippen LogP contribution in [0.1, 0.15) is 41.5 Å². The van der Waals surface area contributed by atoms with Gasteiger partial charge in [-0.1, -0.05) is 0 Å². The topological polar surface area (TPSA) is 67.2 Å². The molecule has 2 aromatic heterocycles. The number of piperidine rings is 1. The molecule has 0 atom stereocenters. The number of aryl methyl sites for hydroxylation is 1. The van der Waals surface area contributed by atoms with E-state index in [0.29, 0.717) is 19.6 Å². The molecule has 0 saturated carbocycles. The summed E-state index contributed by atoms with van der Waals surface area (Å²) in [6, 6.07) is 1.94. The first-order valence-corrected chi connectivity index (χ1v) is 9.56. The Kier molecular flexibility index (Phi) is 5.22. The lowest BCUT2D eigenvalue weighted by atomic mass is 9.95. The number of carbonyl (C=O) groups excluding carboxylic acids is 2. The first-order valence-electron chi connectivity index (χ1n) is 8.68. The Bertz CT molecular complexity index is 758. The molecule has 0 radical (unpaired) electrons. The number of nitrogens with zero attached hydrogens (tertiary/aromatic N) is 3. The van der Waals surface area contributed by atoms with Gasteiger partial charge in [0.25, 0.3) is 5.91 Å². The summed E-state index contributed by atoms with van der Waals surface area (Å²) in [4.78, 5) is 31.1. The van der Waals surface area contributed by atoms with Gasteiger partial charge in [0.2, 0.25) is 5.91 Å². The molecular weight excluding hydrogens is 336 g/mol. The molecule has 1 saturated heterocycles. The van der Waals surface area contributed by atoms with Crippen LogP contribution in [0.3, 0.4) is 0 Å². The molecule has 6 nitrogen and oxygen atoms in total. The number of thiazole rings is 1. The van der Waals surface area contributed by atoms with E-state index in [0.717, 1.165) is 34.9 Å². The lowest BCUT2D eigenvalue weighted by Crippen LogP contribution is -2.43. The third kappa shape index (κ3) is 3.46. The van der Waals surface area contributed by atoms with E-state index in [1.807, 2.05) is 41.7 Å². The van der Waals surface area contributed by atoms with Gasteiger partial charge >= 0.3 is 0 Å². The summed E-state index contributed by atoms with van der Waals surface area (Å²) in [5.74, 6) is 0.175. The SMILES string of the molecule is CCNC(=O)C1CCN(C(=O)c2cc(C)n(-c3nccs3)c2C)CC1. The molecule has 0 spiro atoms. The van der Waals surface area contributed by atoms with Gasteiger partial charge in [-0.2, -0.15) is 0 Å². The van der Waals surface area contributed by atoms with Crippen molar-refractivity contribution in [3.63, 3.8) is 0 Å². The fourth-order valence-electron chi connectivity index (χ4n) is 3.43. The molecule has 25 heavy (non-hydrogen) atoms. The minimum absolute atomic E-state index is 0.0201. The van der Waals surface area contributed by atoms with E-state index in [1.54, 1.807) is 17.5 Å². The van der Waals surface area contributed by atoms with Crippen LogP contribution in [0.4, 0.5) is 0 Å². The lowest BCUT2D eigenvalue weighted by Gasteiger charge is -2.31. The summed E-state index contributed by atoms with van der Waals surface area (Å²) < 4.78 is 2.03. The van der Waals surface area contributed by atoms with Crippen molar-refractivity contribution < 1.29 is 9.59 Å². The second-order valence-corrected chi connectivity index (χ2v) is 7.27. The Hall–Kier alpha value is -2.15. The molecule has 1 aliphatic rings. The average molecular weight is 360 g/mol. The summed E-state index contributed by atoms with van der Waals surface area (Å²) in [6.45, 7) is 7.79. The van der Waals surface area contributed by atoms with E-state index in [2.05, 4.69) is 10.3 Å². The van der Waals surface area contributed by atoms with Crippen LogP contribution in [0.25, 0.3) is 5.13 Å². The summed E-state index contributed by atoms with van der Waals surface area (Å²) in [7, 11) is 0. The van der Waals surface area contributed by atoms with E-state index in [-0.39, 0.29) is 17.7 Å². The molecule has 7 heteroatoms. The smallest absolute Gasteiger partial charge is 0.255 e. The number of amides is 2. The fourth-order valence-corrected chi connectivity index (χ4v) is 4.19. The van der Waals surface area contributed by atoms with Crippen molar-refractivity contribution in [1.29, 1.82) is 0 Å². The van der Waals surface area contributed by atoms with Gasteiger partial charge in [-0.05, 0) is 39.7 Å². The van der Waals surface area contributed by atoms with Crippen molar-refractivity contribution in [3.8, 4) is 5.13 Å². The Morgan fingerprint density at radius 2 is 2.04 bits per heavy atom. The van der Waals surface area contributed by atoms with Crippen LogP contribution < -0.4 is 5.32 Å². The van der Waals surface area contributed by atoms with Gasteiger partial charge in [0.1, 0.15) is 0 Å². The van der Waals surface area contributed by atoms with Gasteiger partial charge in [0.05, 0.1) is 5.56 Å². The zero-order valence-corrected chi connectivity index (χ0v) is 15.7. The normalized spacial score (nSPS) is 15.4. The minimum Gasteiger partial charge on any atom is -0.356 e. The lowest BCUT2D eigenvalue weighted by molar-refractivity contribution is -0.126. The van der Waals surface area contributed by atoms with Crippen molar-refractivity contribution in [2.45, 2.75) is 33.6 Å². The second kappa shape index (κ2) is 7.39. The highest BCUT2D eigenvalue weighted by Gasteiger charge is 2.29. The van der Waals surface area contributed by atoms with Crippen LogP contribution in [0.5, 0.6) is 0 Å². The summed E-state index contributed by atoms with van der Waals surface area (Å²) in [5.41, 5.74) is 2.65. The quantitative estimate of drug-likeness (QED) is 0.911. The van der Waals surface area contributed by atoms with Crippen molar-refractivity contribution in [3.05, 3.63) is 34.6 Å². The van der Waals surface area contributed by atoms with Gasteiger partial charge in [-0.25, -0.2) is 4.98 Å². The average Bonchev–Trinajstić information content (AvgIpc) is 3.22. The number of likely N-dealkylation sites (tertiary alicyclic amines) is 1. The van der Waals surface area contributed by atoms with Crippen LogP contribution in [-0.4, -0.2) is 45.9 Å². The highest BCUT2D eigenvalue weighted by molar-refractivity contribution is 7.12. The minimum atomic E-state index is 0.0201. The Morgan fingerprint density at radius 1 is 1.32 bits per heavy atom. The molecule has 1 N–H and O–H groups in total. The fraction of sp³-hybridized carbons (Fsp3) is 0.500. The highest BCUT2D eigenvalue weighted by Crippen LogP contribution is 2.25. The van der Waals surface area contributed by atoms with Gasteiger partial charge < -0.3 is 10.2 Å². The number of hydrogen-bond acceptors (Lipinski definition) is 4. The van der Waals surface area contributed by atoms with Crippen LogP contribution >= 0.6 is 11.3 Å². The van der Waals surface area contributed by atoms with Crippen molar-refractivity contribution in [2.24, 2.45) is 5.92 Å². The molecule has 1 fully saturated rings. The van der Waals surface area contributed by atoms with Crippen molar-refractivity contribution >= 4 is 23.2 Å². The monoisotopic (exact) mass is 360 g/mol. The summed E-state index contributed by atoms with van der Waals surface area (Å²) >= 11 is 1.56. The van der Waals surface area contributed by atoms with Gasteiger partial charge in [0, 0.05) is 48.5 Å². The largest absolute Gasteiger partial charge is 0.356 e. The second-order valence-electron chi connectivity index (χ2n) is 6.40. The number of carbonyl (C=O) groups is 2. The Balaban J connectivity index is 1.73. The van der Waals surface area contributed by atoms with E-state index in [9.17, 15) is 9.59 Å². The number of aromatic nitrogens is 2. The maximum Gasteiger partial charge on any atom is 0.255 e. The van der Waals surface area contributed by atoms with Crippen LogP contribution in [0.2, 0.25) is 0 Å². The molecule has 2 amide bonds. The van der Waals surface area contributed by atoms with Crippen LogP contribution in [0, 0.1) is 19.8 Å². The first kappa shape index (κ1) is 17.7. The maximum atomic E-state index is 13.0. The number of rotatable bonds is 4. The molecule has 2 aromatic rings. The number of nitrogens with one attached hydrogen (secondary N) is 1.